The van der Waals surface area contributed by atoms with E-state index in [1.54, 1.807) is 0 Å². The van der Waals surface area contributed by atoms with Gasteiger partial charge in [-0.3, -0.25) is 0 Å². The van der Waals surface area contributed by atoms with Crippen molar-refractivity contribution in [3.05, 3.63) is 0 Å². The predicted octanol–water partition coefficient (Wildman–Crippen LogP) is 3.89. The van der Waals surface area contributed by atoms with E-state index in [0.29, 0.717) is 6.04 Å². The van der Waals surface area contributed by atoms with E-state index in [1.807, 2.05) is 0 Å². The lowest BCUT2D eigenvalue weighted by Gasteiger charge is -2.39. The second-order valence-electron chi connectivity index (χ2n) is 5.63. The highest BCUT2D eigenvalue weighted by atomic mass is 19.4. The monoisotopic (exact) mass is 249 g/mol. The van der Waals surface area contributed by atoms with Crippen LogP contribution in [0.4, 0.5) is 13.2 Å². The minimum absolute atomic E-state index is 0.0888. The molecular formula is C13H22F3N. The lowest BCUT2D eigenvalue weighted by molar-refractivity contribution is -0.133. The Balaban J connectivity index is 1.69. The Morgan fingerprint density at radius 3 is 2.35 bits per heavy atom. The van der Waals surface area contributed by atoms with Crippen molar-refractivity contribution < 1.29 is 13.2 Å². The molecule has 3 unspecified atom stereocenters. The second kappa shape index (κ2) is 5.59. The normalized spacial score (nSPS) is 34.4. The van der Waals surface area contributed by atoms with Gasteiger partial charge in [-0.1, -0.05) is 25.7 Å². The maximum Gasteiger partial charge on any atom is 0.390 e. The number of nitrogens with one attached hydrogen (secondary N) is 1. The first-order valence-corrected chi connectivity index (χ1v) is 6.85. The van der Waals surface area contributed by atoms with Crippen LogP contribution in [-0.4, -0.2) is 18.8 Å². The zero-order chi connectivity index (χ0) is 12.3. The van der Waals surface area contributed by atoms with Crippen molar-refractivity contribution in [1.29, 1.82) is 0 Å². The van der Waals surface area contributed by atoms with Crippen LogP contribution in [0.1, 0.15) is 51.4 Å². The molecular weight excluding hydrogens is 227 g/mol. The largest absolute Gasteiger partial charge is 0.390 e. The lowest BCUT2D eigenvalue weighted by atomic mass is 9.69. The topological polar surface area (TPSA) is 12.0 Å². The number of hydrogen-bond donors (Lipinski definition) is 1. The first-order valence-electron chi connectivity index (χ1n) is 6.85. The molecule has 100 valence electrons. The van der Waals surface area contributed by atoms with E-state index in [1.165, 1.54) is 32.1 Å². The van der Waals surface area contributed by atoms with Crippen molar-refractivity contribution in [2.75, 3.05) is 6.54 Å². The molecule has 0 aliphatic heterocycles. The summed E-state index contributed by atoms with van der Waals surface area (Å²) in [7, 11) is 0. The first-order chi connectivity index (χ1) is 8.04. The van der Waals surface area contributed by atoms with Crippen molar-refractivity contribution in [1.82, 2.24) is 5.32 Å². The van der Waals surface area contributed by atoms with Gasteiger partial charge in [-0.2, -0.15) is 13.2 Å². The van der Waals surface area contributed by atoms with E-state index in [0.717, 1.165) is 24.7 Å². The summed E-state index contributed by atoms with van der Waals surface area (Å²) < 4.78 is 36.1. The average molecular weight is 249 g/mol. The maximum atomic E-state index is 12.0. The molecule has 1 N–H and O–H groups in total. The van der Waals surface area contributed by atoms with Gasteiger partial charge < -0.3 is 5.32 Å². The molecule has 2 fully saturated rings. The highest BCUT2D eigenvalue weighted by molar-refractivity contribution is 4.86. The third-order valence-corrected chi connectivity index (χ3v) is 4.38. The van der Waals surface area contributed by atoms with E-state index in [9.17, 15) is 13.2 Å². The molecule has 1 nitrogen and oxygen atoms in total. The van der Waals surface area contributed by atoms with Gasteiger partial charge in [0.05, 0.1) is 6.42 Å². The van der Waals surface area contributed by atoms with Crippen LogP contribution in [0.15, 0.2) is 0 Å². The number of fused-ring (bicyclic) bond motifs is 1. The summed E-state index contributed by atoms with van der Waals surface area (Å²) >= 11 is 0. The van der Waals surface area contributed by atoms with E-state index >= 15 is 0 Å². The third kappa shape index (κ3) is 4.16. The fourth-order valence-corrected chi connectivity index (χ4v) is 3.48. The minimum Gasteiger partial charge on any atom is -0.314 e. The van der Waals surface area contributed by atoms with Gasteiger partial charge >= 0.3 is 6.18 Å². The lowest BCUT2D eigenvalue weighted by Crippen LogP contribution is -2.40. The molecule has 3 atom stereocenters. The van der Waals surface area contributed by atoms with Crippen molar-refractivity contribution in [3.8, 4) is 0 Å². The zero-order valence-electron chi connectivity index (χ0n) is 10.2. The molecule has 0 spiro atoms. The third-order valence-electron chi connectivity index (χ3n) is 4.38. The Morgan fingerprint density at radius 1 is 0.941 bits per heavy atom. The van der Waals surface area contributed by atoms with Crippen LogP contribution in [0.3, 0.4) is 0 Å². The Bertz CT molecular complexity index is 239. The molecule has 0 aromatic heterocycles. The SMILES string of the molecule is FC(F)(F)CCNC1CCC2CCCCC2C1. The van der Waals surface area contributed by atoms with Gasteiger partial charge in [0.2, 0.25) is 0 Å². The van der Waals surface area contributed by atoms with Crippen LogP contribution in [0.2, 0.25) is 0 Å². The zero-order valence-corrected chi connectivity index (χ0v) is 10.2. The minimum atomic E-state index is -4.02. The molecule has 2 rings (SSSR count). The van der Waals surface area contributed by atoms with Crippen molar-refractivity contribution in [3.63, 3.8) is 0 Å². The van der Waals surface area contributed by atoms with Gasteiger partial charge in [0.15, 0.2) is 0 Å². The highest BCUT2D eigenvalue weighted by Gasteiger charge is 2.32. The molecule has 0 heterocycles. The highest BCUT2D eigenvalue weighted by Crippen LogP contribution is 2.40. The summed E-state index contributed by atoms with van der Waals surface area (Å²) in [5, 5.41) is 3.09. The Kier molecular flexibility index (Phi) is 4.34. The number of hydrogen-bond acceptors (Lipinski definition) is 1. The van der Waals surface area contributed by atoms with Crippen LogP contribution >= 0.6 is 0 Å². The predicted molar refractivity (Wildman–Crippen MR) is 61.8 cm³/mol. The van der Waals surface area contributed by atoms with Crippen LogP contribution in [-0.2, 0) is 0 Å². The van der Waals surface area contributed by atoms with E-state index < -0.39 is 12.6 Å². The Morgan fingerprint density at radius 2 is 1.65 bits per heavy atom. The summed E-state index contributed by atoms with van der Waals surface area (Å²) in [6.45, 7) is 0.0888. The van der Waals surface area contributed by atoms with Crippen LogP contribution in [0, 0.1) is 11.8 Å². The number of alkyl halides is 3. The number of rotatable bonds is 3. The molecule has 0 aromatic rings. The van der Waals surface area contributed by atoms with Crippen LogP contribution < -0.4 is 5.32 Å². The maximum absolute atomic E-state index is 12.0. The fourth-order valence-electron chi connectivity index (χ4n) is 3.48. The van der Waals surface area contributed by atoms with Gasteiger partial charge in [-0.15, -0.1) is 0 Å². The van der Waals surface area contributed by atoms with Gasteiger partial charge in [0, 0.05) is 12.6 Å². The average Bonchev–Trinajstić information content (AvgIpc) is 2.27. The molecule has 2 aliphatic carbocycles. The quantitative estimate of drug-likeness (QED) is 0.800. The van der Waals surface area contributed by atoms with Crippen LogP contribution in [0.25, 0.3) is 0 Å². The molecule has 0 amide bonds. The van der Waals surface area contributed by atoms with Gasteiger partial charge in [-0.25, -0.2) is 0 Å². The van der Waals surface area contributed by atoms with Gasteiger partial charge in [0.25, 0.3) is 0 Å². The smallest absolute Gasteiger partial charge is 0.314 e. The fraction of sp³-hybridized carbons (Fsp3) is 1.00. The second-order valence-corrected chi connectivity index (χ2v) is 5.63. The summed E-state index contributed by atoms with van der Waals surface area (Å²) in [5.41, 5.74) is 0. The van der Waals surface area contributed by atoms with Crippen molar-refractivity contribution >= 4 is 0 Å². The molecule has 0 saturated heterocycles. The summed E-state index contributed by atoms with van der Waals surface area (Å²) in [6, 6.07) is 0.330. The molecule has 2 saturated carbocycles. The molecule has 0 aromatic carbocycles. The summed E-state index contributed by atoms with van der Waals surface area (Å²) in [5.74, 6) is 1.64. The van der Waals surface area contributed by atoms with Crippen molar-refractivity contribution in [2.24, 2.45) is 11.8 Å². The Labute approximate surface area is 101 Å². The molecule has 0 bridgehead atoms. The molecule has 2 aliphatic rings. The Hall–Kier alpha value is -0.250. The summed E-state index contributed by atoms with van der Waals surface area (Å²) in [6.07, 6.45) is 3.98. The number of halogens is 3. The van der Waals surface area contributed by atoms with E-state index in [-0.39, 0.29) is 6.54 Å². The van der Waals surface area contributed by atoms with Crippen LogP contribution in [0.5, 0.6) is 0 Å². The van der Waals surface area contributed by atoms with E-state index in [2.05, 4.69) is 5.32 Å². The first kappa shape index (κ1) is 13.2. The molecule has 4 heteroatoms. The van der Waals surface area contributed by atoms with Gasteiger partial charge in [0.1, 0.15) is 0 Å². The van der Waals surface area contributed by atoms with E-state index in [4.69, 9.17) is 0 Å². The molecule has 0 radical (unpaired) electrons. The van der Waals surface area contributed by atoms with Crippen molar-refractivity contribution in [2.45, 2.75) is 63.6 Å². The summed E-state index contributed by atoms with van der Waals surface area (Å²) in [4.78, 5) is 0. The molecule has 17 heavy (non-hydrogen) atoms. The van der Waals surface area contributed by atoms with Gasteiger partial charge in [-0.05, 0) is 31.1 Å². The standard InChI is InChI=1S/C13H22F3N/c14-13(15,16)7-8-17-12-6-5-10-3-1-2-4-11(10)9-12/h10-12,17H,1-9H2.